The summed E-state index contributed by atoms with van der Waals surface area (Å²) in [7, 11) is 7.27. The molecule has 0 aliphatic rings. The summed E-state index contributed by atoms with van der Waals surface area (Å²) in [6.45, 7) is 0.446. The van der Waals surface area contributed by atoms with Gasteiger partial charge in [0.1, 0.15) is 6.04 Å². The molecule has 0 N–H and O–H groups in total. The molecule has 5 nitrogen and oxygen atoms in total. The van der Waals surface area contributed by atoms with E-state index in [4.69, 9.17) is 0 Å². The van der Waals surface area contributed by atoms with E-state index in [1.807, 2.05) is 33.1 Å². The van der Waals surface area contributed by atoms with Crippen molar-refractivity contribution < 1.29 is 9.59 Å². The highest BCUT2D eigenvalue weighted by molar-refractivity contribution is 6.27. The first kappa shape index (κ1) is 12.8. The number of hydrogen-bond acceptors (Lipinski definition) is 4. The maximum absolute atomic E-state index is 11.1. The molecule has 0 aliphatic heterocycles. The first-order valence-corrected chi connectivity index (χ1v) is 4.31. The molecule has 0 fully saturated rings. The number of hydrogen-bond donors (Lipinski definition) is 0. The van der Waals surface area contributed by atoms with E-state index >= 15 is 0 Å². The summed E-state index contributed by atoms with van der Waals surface area (Å²) in [4.78, 5) is 29.0. The largest absolute Gasteiger partial charge is 0.369 e. The number of carbonyl (C=O) groups is 2. The van der Waals surface area contributed by atoms with Gasteiger partial charge >= 0.3 is 0 Å². The standard InChI is InChI=1S/C9H17N3O2/c1-11(2)5-8(9(14)6-13)10-7-12(3)4/h6-8H,5H2,1-4H3. The number of ketones is 1. The Morgan fingerprint density at radius 2 is 1.93 bits per heavy atom. The first-order chi connectivity index (χ1) is 6.47. The number of carbonyl (C=O) groups excluding carboxylic acids is 2. The monoisotopic (exact) mass is 199 g/mol. The van der Waals surface area contributed by atoms with Gasteiger partial charge in [0.15, 0.2) is 6.29 Å². The van der Waals surface area contributed by atoms with Gasteiger partial charge in [0.2, 0.25) is 5.78 Å². The topological polar surface area (TPSA) is 53.0 Å². The normalized spacial score (nSPS) is 13.2. The summed E-state index contributed by atoms with van der Waals surface area (Å²) in [5.41, 5.74) is 0. The van der Waals surface area contributed by atoms with Crippen LogP contribution in [0.1, 0.15) is 0 Å². The lowest BCUT2D eigenvalue weighted by Crippen LogP contribution is -2.32. The van der Waals surface area contributed by atoms with Crippen LogP contribution in [0.2, 0.25) is 0 Å². The molecular weight excluding hydrogens is 182 g/mol. The zero-order chi connectivity index (χ0) is 11.1. The van der Waals surface area contributed by atoms with Crippen molar-refractivity contribution in [2.75, 3.05) is 34.7 Å². The minimum atomic E-state index is -0.593. The van der Waals surface area contributed by atoms with Crippen LogP contribution in [0.3, 0.4) is 0 Å². The van der Waals surface area contributed by atoms with Crippen LogP contribution >= 0.6 is 0 Å². The fourth-order valence-corrected chi connectivity index (χ4v) is 0.849. The molecule has 0 saturated heterocycles. The fraction of sp³-hybridized carbons (Fsp3) is 0.667. The van der Waals surface area contributed by atoms with Gasteiger partial charge in [-0.1, -0.05) is 0 Å². The van der Waals surface area contributed by atoms with Gasteiger partial charge in [0, 0.05) is 20.6 Å². The van der Waals surface area contributed by atoms with E-state index in [0.717, 1.165) is 0 Å². The van der Waals surface area contributed by atoms with Crippen molar-refractivity contribution in [1.29, 1.82) is 0 Å². The number of rotatable bonds is 6. The van der Waals surface area contributed by atoms with Crippen molar-refractivity contribution in [3.05, 3.63) is 0 Å². The Labute approximate surface area is 84.4 Å². The summed E-state index contributed by atoms with van der Waals surface area (Å²) < 4.78 is 0. The van der Waals surface area contributed by atoms with E-state index in [1.165, 1.54) is 6.34 Å². The molecule has 0 aromatic rings. The van der Waals surface area contributed by atoms with E-state index in [1.54, 1.807) is 4.90 Å². The molecule has 0 amide bonds. The highest BCUT2D eigenvalue weighted by Crippen LogP contribution is 1.93. The molecule has 0 rings (SSSR count). The summed E-state index contributed by atoms with van der Waals surface area (Å²) in [6.07, 6.45) is 1.86. The van der Waals surface area contributed by atoms with Gasteiger partial charge in [-0.05, 0) is 14.1 Å². The van der Waals surface area contributed by atoms with E-state index in [-0.39, 0.29) is 0 Å². The fourth-order valence-electron chi connectivity index (χ4n) is 0.849. The molecule has 0 heterocycles. The van der Waals surface area contributed by atoms with Crippen molar-refractivity contribution in [2.45, 2.75) is 6.04 Å². The quantitative estimate of drug-likeness (QED) is 0.245. The number of aldehydes is 1. The predicted molar refractivity (Wildman–Crippen MR) is 55.6 cm³/mol. The van der Waals surface area contributed by atoms with Gasteiger partial charge in [0.25, 0.3) is 0 Å². The Bertz CT molecular complexity index is 224. The van der Waals surface area contributed by atoms with Crippen molar-refractivity contribution in [2.24, 2.45) is 4.99 Å². The van der Waals surface area contributed by atoms with Crippen molar-refractivity contribution >= 4 is 18.4 Å². The van der Waals surface area contributed by atoms with Crippen LogP contribution in [0.15, 0.2) is 4.99 Å². The van der Waals surface area contributed by atoms with Crippen molar-refractivity contribution in [1.82, 2.24) is 9.80 Å². The molecular formula is C9H17N3O2. The molecule has 0 saturated carbocycles. The van der Waals surface area contributed by atoms with Crippen LogP contribution in [-0.2, 0) is 9.59 Å². The van der Waals surface area contributed by atoms with Gasteiger partial charge in [0.05, 0.1) is 6.34 Å². The van der Waals surface area contributed by atoms with Crippen LogP contribution in [-0.4, -0.2) is 69.0 Å². The zero-order valence-corrected chi connectivity index (χ0v) is 9.10. The first-order valence-electron chi connectivity index (χ1n) is 4.31. The molecule has 80 valence electrons. The van der Waals surface area contributed by atoms with E-state index in [2.05, 4.69) is 4.99 Å². The third-order valence-electron chi connectivity index (χ3n) is 1.46. The van der Waals surface area contributed by atoms with E-state index < -0.39 is 11.8 Å². The second kappa shape index (κ2) is 6.26. The second-order valence-electron chi connectivity index (χ2n) is 3.53. The van der Waals surface area contributed by atoms with Crippen molar-refractivity contribution in [3.63, 3.8) is 0 Å². The minimum absolute atomic E-state index is 0.321. The minimum Gasteiger partial charge on any atom is -0.369 e. The van der Waals surface area contributed by atoms with Gasteiger partial charge in [-0.15, -0.1) is 0 Å². The Balaban J connectivity index is 4.39. The zero-order valence-electron chi connectivity index (χ0n) is 9.10. The second-order valence-corrected chi connectivity index (χ2v) is 3.53. The van der Waals surface area contributed by atoms with E-state index in [9.17, 15) is 9.59 Å². The maximum Gasteiger partial charge on any atom is 0.220 e. The molecule has 0 aromatic heterocycles. The predicted octanol–water partition coefficient (Wildman–Crippen LogP) is -0.725. The third-order valence-corrected chi connectivity index (χ3v) is 1.46. The van der Waals surface area contributed by atoms with Crippen molar-refractivity contribution in [3.8, 4) is 0 Å². The SMILES string of the molecule is CN(C)C=NC(CN(C)C)C(=O)C=O. The van der Waals surface area contributed by atoms with E-state index in [0.29, 0.717) is 12.8 Å². The molecule has 14 heavy (non-hydrogen) atoms. The number of Topliss-reactive ketones (excluding diaryl/α,β-unsaturated/α-hetero) is 1. The Morgan fingerprint density at radius 3 is 2.29 bits per heavy atom. The molecule has 5 heteroatoms. The van der Waals surface area contributed by atoms with Crippen LogP contribution in [0.4, 0.5) is 0 Å². The Morgan fingerprint density at radius 1 is 1.36 bits per heavy atom. The summed E-state index contributed by atoms with van der Waals surface area (Å²) in [6, 6.07) is -0.593. The van der Waals surface area contributed by atoms with Gasteiger partial charge in [-0.25, -0.2) is 0 Å². The molecule has 0 aliphatic carbocycles. The van der Waals surface area contributed by atoms with Crippen LogP contribution in [0.25, 0.3) is 0 Å². The lowest BCUT2D eigenvalue weighted by Gasteiger charge is -2.14. The average molecular weight is 199 g/mol. The summed E-state index contributed by atoms with van der Waals surface area (Å²) in [5, 5.41) is 0. The lowest BCUT2D eigenvalue weighted by molar-refractivity contribution is -0.130. The lowest BCUT2D eigenvalue weighted by atomic mass is 10.2. The molecule has 0 bridgehead atoms. The van der Waals surface area contributed by atoms with Crippen LogP contribution in [0, 0.1) is 0 Å². The third kappa shape index (κ3) is 5.42. The molecule has 0 spiro atoms. The Hall–Kier alpha value is -1.23. The number of nitrogens with zero attached hydrogens (tertiary/aromatic N) is 3. The number of likely N-dealkylation sites (N-methyl/N-ethyl adjacent to an activating group) is 1. The maximum atomic E-state index is 11.1. The number of aliphatic imine (C=N–C) groups is 1. The highest BCUT2D eigenvalue weighted by atomic mass is 16.2. The summed E-state index contributed by atoms with van der Waals surface area (Å²) in [5.74, 6) is -0.489. The molecule has 0 aromatic carbocycles. The molecule has 1 atom stereocenters. The van der Waals surface area contributed by atoms with Gasteiger partial charge in [-0.3, -0.25) is 14.6 Å². The van der Waals surface area contributed by atoms with Gasteiger partial charge < -0.3 is 9.80 Å². The highest BCUT2D eigenvalue weighted by Gasteiger charge is 2.16. The Kier molecular flexibility index (Phi) is 5.71. The van der Waals surface area contributed by atoms with Gasteiger partial charge in [-0.2, -0.15) is 0 Å². The van der Waals surface area contributed by atoms with Crippen LogP contribution in [0.5, 0.6) is 0 Å². The smallest absolute Gasteiger partial charge is 0.220 e. The molecule has 0 radical (unpaired) electrons. The van der Waals surface area contributed by atoms with Crippen LogP contribution < -0.4 is 0 Å². The summed E-state index contributed by atoms with van der Waals surface area (Å²) >= 11 is 0. The average Bonchev–Trinajstić information content (AvgIpc) is 2.10. The molecule has 1 unspecified atom stereocenters.